The molecular formula is C28H28N2O5S. The van der Waals surface area contributed by atoms with E-state index in [0.29, 0.717) is 22.5 Å². The zero-order valence-electron chi connectivity index (χ0n) is 20.6. The van der Waals surface area contributed by atoms with Crippen LogP contribution in [0.3, 0.4) is 0 Å². The number of thiazole rings is 1. The fourth-order valence-electron chi connectivity index (χ4n) is 4.31. The van der Waals surface area contributed by atoms with E-state index >= 15 is 0 Å². The molecular weight excluding hydrogens is 476 g/mol. The molecule has 2 aromatic carbocycles. The van der Waals surface area contributed by atoms with Gasteiger partial charge in [0.1, 0.15) is 10.8 Å². The predicted molar refractivity (Wildman–Crippen MR) is 139 cm³/mol. The number of hydrogen-bond donors (Lipinski definition) is 2. The Morgan fingerprint density at radius 2 is 1.56 bits per heavy atom. The highest BCUT2D eigenvalue weighted by Crippen LogP contribution is 2.41. The van der Waals surface area contributed by atoms with E-state index in [1.165, 1.54) is 11.3 Å². The minimum absolute atomic E-state index is 0.199. The third-order valence-corrected chi connectivity index (χ3v) is 6.78. The van der Waals surface area contributed by atoms with Gasteiger partial charge in [0.2, 0.25) is 0 Å². The van der Waals surface area contributed by atoms with Crippen molar-refractivity contribution in [2.24, 2.45) is 0 Å². The number of aromatic nitrogens is 1. The van der Waals surface area contributed by atoms with Gasteiger partial charge < -0.3 is 19.9 Å². The summed E-state index contributed by atoms with van der Waals surface area (Å²) in [4.78, 5) is 30.9. The molecule has 2 heterocycles. The van der Waals surface area contributed by atoms with Crippen molar-refractivity contribution in [1.29, 1.82) is 0 Å². The lowest BCUT2D eigenvalue weighted by Gasteiger charge is -2.30. The van der Waals surface area contributed by atoms with Crippen molar-refractivity contribution in [2.75, 3.05) is 13.2 Å². The van der Waals surface area contributed by atoms with Crippen LogP contribution in [0.1, 0.15) is 39.2 Å². The third kappa shape index (κ3) is 5.04. The van der Waals surface area contributed by atoms with E-state index < -0.39 is 17.9 Å². The van der Waals surface area contributed by atoms with Gasteiger partial charge in [0.25, 0.3) is 0 Å². The Balaban J connectivity index is 1.79. The number of allylic oxidation sites excluding steroid dienone is 2. The van der Waals surface area contributed by atoms with Gasteiger partial charge in [-0.05, 0) is 63.6 Å². The lowest BCUT2D eigenvalue weighted by molar-refractivity contribution is -0.139. The Bertz CT molecular complexity index is 1310. The smallest absolute Gasteiger partial charge is 0.336 e. The van der Waals surface area contributed by atoms with Gasteiger partial charge in [-0.2, -0.15) is 0 Å². The Kier molecular flexibility index (Phi) is 7.55. The number of carbonyl (C=O) groups is 2. The number of ether oxygens (including phenoxy) is 2. The molecule has 0 bridgehead atoms. The van der Waals surface area contributed by atoms with Crippen LogP contribution < -0.4 is 5.32 Å². The van der Waals surface area contributed by atoms with Crippen molar-refractivity contribution in [3.05, 3.63) is 82.0 Å². The van der Waals surface area contributed by atoms with Gasteiger partial charge in [-0.1, -0.05) is 18.2 Å². The number of hydrogen-bond acceptors (Lipinski definition) is 8. The van der Waals surface area contributed by atoms with Gasteiger partial charge in [-0.25, -0.2) is 14.6 Å². The minimum Gasteiger partial charge on any atom is -0.508 e. The molecule has 0 atom stereocenters. The first-order chi connectivity index (χ1) is 17.3. The first kappa shape index (κ1) is 25.2. The van der Waals surface area contributed by atoms with Crippen molar-refractivity contribution in [1.82, 2.24) is 10.3 Å². The molecule has 7 nitrogen and oxygen atoms in total. The van der Waals surface area contributed by atoms with Gasteiger partial charge in [-0.15, -0.1) is 11.3 Å². The van der Waals surface area contributed by atoms with Crippen LogP contribution in [0.4, 0.5) is 0 Å². The Labute approximate surface area is 214 Å². The normalized spacial score (nSPS) is 14.0. The Hall–Kier alpha value is -3.91. The monoisotopic (exact) mass is 504 g/mol. The highest BCUT2D eigenvalue weighted by molar-refractivity contribution is 7.13. The van der Waals surface area contributed by atoms with Crippen molar-refractivity contribution in [2.45, 2.75) is 33.6 Å². The molecule has 186 valence electrons. The van der Waals surface area contributed by atoms with E-state index in [0.717, 1.165) is 27.4 Å². The van der Waals surface area contributed by atoms with Crippen molar-refractivity contribution in [3.63, 3.8) is 0 Å². The molecule has 0 fully saturated rings. The number of carbonyl (C=O) groups excluding carboxylic acids is 2. The lowest BCUT2D eigenvalue weighted by Crippen LogP contribution is -2.32. The number of phenolic OH excluding ortho intramolecular Hbond substituents is 1. The van der Waals surface area contributed by atoms with E-state index in [1.54, 1.807) is 39.8 Å². The van der Waals surface area contributed by atoms with E-state index in [-0.39, 0.29) is 19.0 Å². The van der Waals surface area contributed by atoms with E-state index in [1.807, 2.05) is 41.8 Å². The second kappa shape index (κ2) is 10.8. The van der Waals surface area contributed by atoms with Crippen LogP contribution in [-0.4, -0.2) is 35.2 Å². The van der Waals surface area contributed by atoms with Crippen LogP contribution in [0.15, 0.2) is 76.5 Å². The second-order valence-corrected chi connectivity index (χ2v) is 9.14. The van der Waals surface area contributed by atoms with Crippen LogP contribution in [0, 0.1) is 0 Å². The van der Waals surface area contributed by atoms with Gasteiger partial charge in [-0.3, -0.25) is 0 Å². The maximum absolute atomic E-state index is 13.0. The van der Waals surface area contributed by atoms with Crippen molar-refractivity contribution >= 4 is 23.3 Å². The number of aromatic hydroxyl groups is 1. The summed E-state index contributed by atoms with van der Waals surface area (Å²) in [6.45, 7) is 7.55. The van der Waals surface area contributed by atoms with Crippen LogP contribution in [0.25, 0.3) is 21.8 Å². The Morgan fingerprint density at radius 1 is 0.944 bits per heavy atom. The predicted octanol–water partition coefficient (Wildman–Crippen LogP) is 5.54. The van der Waals surface area contributed by atoms with Crippen LogP contribution in [0.2, 0.25) is 0 Å². The molecule has 0 saturated carbocycles. The van der Waals surface area contributed by atoms with Gasteiger partial charge in [0, 0.05) is 27.9 Å². The highest BCUT2D eigenvalue weighted by atomic mass is 32.1. The number of rotatable bonds is 7. The fourth-order valence-corrected chi connectivity index (χ4v) is 5.13. The van der Waals surface area contributed by atoms with Gasteiger partial charge >= 0.3 is 11.9 Å². The topological polar surface area (TPSA) is 97.8 Å². The molecule has 1 aliphatic heterocycles. The lowest BCUT2D eigenvalue weighted by atomic mass is 9.80. The summed E-state index contributed by atoms with van der Waals surface area (Å²) in [5.74, 6) is -1.40. The summed E-state index contributed by atoms with van der Waals surface area (Å²) in [6.07, 6.45) is 0. The van der Waals surface area contributed by atoms with Crippen molar-refractivity contribution < 1.29 is 24.2 Å². The average molecular weight is 505 g/mol. The number of benzene rings is 2. The molecule has 36 heavy (non-hydrogen) atoms. The maximum Gasteiger partial charge on any atom is 0.336 e. The number of nitrogens with one attached hydrogen (secondary N) is 1. The van der Waals surface area contributed by atoms with E-state index in [9.17, 15) is 14.7 Å². The molecule has 1 aliphatic rings. The number of phenols is 1. The number of nitrogens with zero attached hydrogens (tertiary/aromatic N) is 1. The molecule has 0 radical (unpaired) electrons. The summed E-state index contributed by atoms with van der Waals surface area (Å²) in [6, 6.07) is 14.6. The Morgan fingerprint density at radius 3 is 2.14 bits per heavy atom. The second-order valence-electron chi connectivity index (χ2n) is 8.29. The molecule has 2 N–H and O–H groups in total. The third-order valence-electron chi connectivity index (χ3n) is 5.89. The molecule has 4 rings (SSSR count). The first-order valence-corrected chi connectivity index (χ1v) is 12.6. The molecule has 0 amide bonds. The first-order valence-electron chi connectivity index (χ1n) is 11.7. The van der Waals surface area contributed by atoms with E-state index in [2.05, 4.69) is 5.32 Å². The zero-order chi connectivity index (χ0) is 25.8. The molecule has 0 saturated heterocycles. The van der Waals surface area contributed by atoms with Crippen LogP contribution >= 0.6 is 11.3 Å². The molecule has 0 unspecified atom stereocenters. The van der Waals surface area contributed by atoms with Crippen LogP contribution in [0.5, 0.6) is 5.75 Å². The summed E-state index contributed by atoms with van der Waals surface area (Å²) in [7, 11) is 0. The largest absolute Gasteiger partial charge is 0.508 e. The molecule has 8 heteroatoms. The van der Waals surface area contributed by atoms with E-state index in [4.69, 9.17) is 14.5 Å². The SMILES string of the molecule is CCOC(=O)C1=C(C)NC(C)=C(C(=O)OCC)C1c1cccc(-c2nc(-c3ccc(O)cc3)cs2)c1. The molecule has 3 aromatic rings. The molecule has 1 aromatic heterocycles. The number of esters is 2. The highest BCUT2D eigenvalue weighted by Gasteiger charge is 2.38. The zero-order valence-corrected chi connectivity index (χ0v) is 21.4. The fraction of sp³-hybridized carbons (Fsp3) is 0.250. The average Bonchev–Trinajstić information content (AvgIpc) is 3.35. The quantitative estimate of drug-likeness (QED) is 0.408. The van der Waals surface area contributed by atoms with Crippen molar-refractivity contribution in [3.8, 4) is 27.6 Å². The summed E-state index contributed by atoms with van der Waals surface area (Å²) in [5.41, 5.74) is 5.36. The van der Waals surface area contributed by atoms with Gasteiger partial charge in [0.05, 0.1) is 36.0 Å². The standard InChI is InChI=1S/C28H28N2O5S/c1-5-34-27(32)23-16(3)29-17(4)24(28(33)35-6-2)25(23)19-8-7-9-20(14-19)26-30-22(15-36-26)18-10-12-21(31)13-11-18/h7-15,25,29,31H,5-6H2,1-4H3. The summed E-state index contributed by atoms with van der Waals surface area (Å²) >= 11 is 1.50. The summed E-state index contributed by atoms with van der Waals surface area (Å²) in [5, 5.41) is 15.5. The minimum atomic E-state index is -0.652. The van der Waals surface area contributed by atoms with Gasteiger partial charge in [0.15, 0.2) is 0 Å². The molecule has 0 aliphatic carbocycles. The number of dihydropyridines is 1. The maximum atomic E-state index is 13.0. The summed E-state index contributed by atoms with van der Waals surface area (Å²) < 4.78 is 10.7. The molecule has 0 spiro atoms. The van der Waals surface area contributed by atoms with Crippen LogP contribution in [-0.2, 0) is 19.1 Å².